The number of ether oxygens (including phenoxy) is 1. The minimum atomic E-state index is -0.785. The van der Waals surface area contributed by atoms with Crippen molar-refractivity contribution in [2.75, 3.05) is 7.11 Å². The van der Waals surface area contributed by atoms with E-state index in [2.05, 4.69) is 35.8 Å². The third-order valence-corrected chi connectivity index (χ3v) is 4.21. The molecule has 0 amide bonds. The van der Waals surface area contributed by atoms with Crippen molar-refractivity contribution >= 4 is 21.9 Å². The molecule has 0 heterocycles. The molecular weight excluding hydrogens is 308 g/mol. The maximum absolute atomic E-state index is 11.1. The number of carboxylic acids is 1. The molecule has 0 spiro atoms. The number of carboxylic acid groups (broad SMARTS) is 1. The van der Waals surface area contributed by atoms with Gasteiger partial charge in [-0.15, -0.1) is 0 Å². The molecule has 1 unspecified atom stereocenters. The van der Waals surface area contributed by atoms with E-state index in [4.69, 9.17) is 9.84 Å². The lowest BCUT2D eigenvalue weighted by Crippen LogP contribution is -2.14. The Morgan fingerprint density at radius 3 is 2.42 bits per heavy atom. The highest BCUT2D eigenvalue weighted by molar-refractivity contribution is 9.10. The van der Waals surface area contributed by atoms with E-state index in [0.29, 0.717) is 12.3 Å². The van der Waals surface area contributed by atoms with Crippen LogP contribution >= 0.6 is 15.9 Å². The fourth-order valence-corrected chi connectivity index (χ4v) is 2.59. The molecular formula is C15H21BrO3. The van der Waals surface area contributed by atoms with E-state index >= 15 is 0 Å². The Bertz CT molecular complexity index is 481. The van der Waals surface area contributed by atoms with Gasteiger partial charge in [-0.2, -0.15) is 0 Å². The second kappa shape index (κ2) is 6.42. The molecule has 0 bridgehead atoms. The Morgan fingerprint density at radius 1 is 1.42 bits per heavy atom. The fraction of sp³-hybridized carbons (Fsp3) is 0.533. The van der Waals surface area contributed by atoms with Crippen LogP contribution in [0.4, 0.5) is 0 Å². The molecule has 1 aromatic carbocycles. The largest absolute Gasteiger partial charge is 0.496 e. The zero-order valence-electron chi connectivity index (χ0n) is 12.1. The summed E-state index contributed by atoms with van der Waals surface area (Å²) >= 11 is 3.55. The molecule has 1 rings (SSSR count). The molecule has 1 atom stereocenters. The van der Waals surface area contributed by atoms with Gasteiger partial charge in [0.25, 0.3) is 0 Å². The number of methoxy groups -OCH3 is 1. The molecule has 0 saturated heterocycles. The van der Waals surface area contributed by atoms with Crippen LogP contribution in [0, 0.1) is 12.8 Å². The molecule has 0 saturated carbocycles. The first-order valence-electron chi connectivity index (χ1n) is 6.38. The highest BCUT2D eigenvalue weighted by Crippen LogP contribution is 2.37. The van der Waals surface area contributed by atoms with Gasteiger partial charge in [0.05, 0.1) is 13.0 Å². The molecule has 3 nitrogen and oxygen atoms in total. The summed E-state index contributed by atoms with van der Waals surface area (Å²) in [6.07, 6.45) is 0.476. The molecule has 0 aliphatic carbocycles. The zero-order valence-corrected chi connectivity index (χ0v) is 13.7. The molecule has 0 aliphatic heterocycles. The van der Waals surface area contributed by atoms with Crippen molar-refractivity contribution in [3.8, 4) is 5.75 Å². The molecule has 0 aliphatic rings. The minimum Gasteiger partial charge on any atom is -0.496 e. The molecule has 0 fully saturated rings. The third kappa shape index (κ3) is 3.50. The highest BCUT2D eigenvalue weighted by atomic mass is 79.9. The summed E-state index contributed by atoms with van der Waals surface area (Å²) in [6, 6.07) is 2.06. The first kappa shape index (κ1) is 16.0. The van der Waals surface area contributed by atoms with Gasteiger partial charge in [-0.25, -0.2) is 0 Å². The van der Waals surface area contributed by atoms with Gasteiger partial charge in [0.15, 0.2) is 0 Å². The van der Waals surface area contributed by atoms with Crippen molar-refractivity contribution in [3.05, 3.63) is 27.2 Å². The van der Waals surface area contributed by atoms with Gasteiger partial charge < -0.3 is 9.84 Å². The predicted octanol–water partition coefficient (Wildman–Crippen LogP) is 4.15. The molecule has 4 heteroatoms. The van der Waals surface area contributed by atoms with E-state index in [0.717, 1.165) is 26.9 Å². The maximum atomic E-state index is 11.1. The Morgan fingerprint density at radius 2 is 2.00 bits per heavy atom. The summed E-state index contributed by atoms with van der Waals surface area (Å²) in [5, 5.41) is 9.09. The second-order valence-electron chi connectivity index (χ2n) is 5.18. The summed E-state index contributed by atoms with van der Waals surface area (Å²) in [5.74, 6) is -0.0658. The summed E-state index contributed by atoms with van der Waals surface area (Å²) in [7, 11) is 1.64. The maximum Gasteiger partial charge on any atom is 0.306 e. The van der Waals surface area contributed by atoms with Crippen molar-refractivity contribution < 1.29 is 14.6 Å². The number of hydrogen-bond donors (Lipinski definition) is 1. The summed E-state index contributed by atoms with van der Waals surface area (Å²) < 4.78 is 6.54. The quantitative estimate of drug-likeness (QED) is 0.883. The summed E-state index contributed by atoms with van der Waals surface area (Å²) in [5.41, 5.74) is 3.14. The van der Waals surface area contributed by atoms with E-state index in [1.54, 1.807) is 14.0 Å². The molecule has 1 N–H and O–H groups in total. The molecule has 0 radical (unpaired) electrons. The number of benzene rings is 1. The van der Waals surface area contributed by atoms with E-state index in [-0.39, 0.29) is 0 Å². The van der Waals surface area contributed by atoms with Crippen LogP contribution in [-0.2, 0) is 11.2 Å². The smallest absolute Gasteiger partial charge is 0.306 e. The normalized spacial score (nSPS) is 12.6. The Balaban J connectivity index is 3.38. The van der Waals surface area contributed by atoms with Gasteiger partial charge in [0.2, 0.25) is 0 Å². The van der Waals surface area contributed by atoms with Crippen LogP contribution in [-0.4, -0.2) is 18.2 Å². The van der Waals surface area contributed by atoms with Gasteiger partial charge in [0, 0.05) is 4.47 Å². The van der Waals surface area contributed by atoms with Crippen molar-refractivity contribution in [1.29, 1.82) is 0 Å². The Hall–Kier alpha value is -1.03. The summed E-state index contributed by atoms with van der Waals surface area (Å²) in [4.78, 5) is 11.1. The minimum absolute atomic E-state index is 0.325. The van der Waals surface area contributed by atoms with Crippen molar-refractivity contribution in [2.45, 2.75) is 40.0 Å². The highest BCUT2D eigenvalue weighted by Gasteiger charge is 2.21. The number of hydrogen-bond acceptors (Lipinski definition) is 2. The SMILES string of the molecule is COc1c(C(C)C)cc(Br)c(C)c1CC(C)C(=O)O. The van der Waals surface area contributed by atoms with Crippen LogP contribution < -0.4 is 4.74 Å². The van der Waals surface area contributed by atoms with E-state index in [1.165, 1.54) is 0 Å². The number of carbonyl (C=O) groups is 1. The van der Waals surface area contributed by atoms with Gasteiger partial charge >= 0.3 is 5.97 Å². The Kier molecular flexibility index (Phi) is 5.41. The molecule has 1 aromatic rings. The van der Waals surface area contributed by atoms with E-state index < -0.39 is 11.9 Å². The van der Waals surface area contributed by atoms with Crippen LogP contribution in [0.25, 0.3) is 0 Å². The lowest BCUT2D eigenvalue weighted by molar-refractivity contribution is -0.141. The molecule has 19 heavy (non-hydrogen) atoms. The van der Waals surface area contributed by atoms with Gasteiger partial charge in [0.1, 0.15) is 5.75 Å². The van der Waals surface area contributed by atoms with Crippen molar-refractivity contribution in [1.82, 2.24) is 0 Å². The first-order chi connectivity index (χ1) is 8.79. The van der Waals surface area contributed by atoms with E-state index in [9.17, 15) is 4.79 Å². The number of halogens is 1. The lowest BCUT2D eigenvalue weighted by Gasteiger charge is -2.20. The van der Waals surface area contributed by atoms with Crippen LogP contribution in [0.2, 0.25) is 0 Å². The molecule has 0 aromatic heterocycles. The average Bonchev–Trinajstić information content (AvgIpc) is 2.34. The van der Waals surface area contributed by atoms with E-state index in [1.807, 2.05) is 6.92 Å². The fourth-order valence-electron chi connectivity index (χ4n) is 2.11. The average molecular weight is 329 g/mol. The van der Waals surface area contributed by atoms with Crippen LogP contribution in [0.1, 0.15) is 43.4 Å². The zero-order chi connectivity index (χ0) is 14.7. The van der Waals surface area contributed by atoms with Gasteiger partial charge in [-0.05, 0) is 42.0 Å². The summed E-state index contributed by atoms with van der Waals surface area (Å²) in [6.45, 7) is 7.91. The van der Waals surface area contributed by atoms with Crippen molar-refractivity contribution in [2.24, 2.45) is 5.92 Å². The number of aliphatic carboxylic acids is 1. The Labute approximate surface area is 123 Å². The van der Waals surface area contributed by atoms with Crippen LogP contribution in [0.5, 0.6) is 5.75 Å². The third-order valence-electron chi connectivity index (χ3n) is 3.39. The lowest BCUT2D eigenvalue weighted by atomic mass is 9.91. The second-order valence-corrected chi connectivity index (χ2v) is 6.04. The van der Waals surface area contributed by atoms with Gasteiger partial charge in [-0.1, -0.05) is 36.7 Å². The monoisotopic (exact) mass is 328 g/mol. The van der Waals surface area contributed by atoms with Crippen LogP contribution in [0.3, 0.4) is 0 Å². The standard InChI is InChI=1S/C15H21BrO3/c1-8(2)11-7-13(16)10(4)12(14(11)19-5)6-9(3)15(17)18/h7-9H,6H2,1-5H3,(H,17,18). The molecule has 106 valence electrons. The van der Waals surface area contributed by atoms with Gasteiger partial charge in [-0.3, -0.25) is 4.79 Å². The predicted molar refractivity (Wildman–Crippen MR) is 80.0 cm³/mol. The first-order valence-corrected chi connectivity index (χ1v) is 7.17. The topological polar surface area (TPSA) is 46.5 Å². The number of rotatable bonds is 5. The van der Waals surface area contributed by atoms with Crippen LogP contribution in [0.15, 0.2) is 10.5 Å². The van der Waals surface area contributed by atoms with Crippen molar-refractivity contribution in [3.63, 3.8) is 0 Å².